The minimum Gasteiger partial charge on any atom is -0.497 e. The van der Waals surface area contributed by atoms with E-state index in [-0.39, 0.29) is 0 Å². The summed E-state index contributed by atoms with van der Waals surface area (Å²) in [7, 11) is 1.72. The molecule has 20 heavy (non-hydrogen) atoms. The third kappa shape index (κ3) is 2.99. The Morgan fingerprint density at radius 2 is 1.85 bits per heavy atom. The normalized spacial score (nSPS) is 27.5. The monoisotopic (exact) mass is 274 g/mol. The van der Waals surface area contributed by atoms with Crippen LogP contribution in [0.4, 0.5) is 0 Å². The smallest absolute Gasteiger partial charge is 0.118 e. The second-order valence-electron chi connectivity index (χ2n) is 6.37. The van der Waals surface area contributed by atoms with Crippen molar-refractivity contribution in [3.05, 3.63) is 29.8 Å². The molecule has 3 unspecified atom stereocenters. The molecule has 1 N–H and O–H groups in total. The number of rotatable bonds is 5. The zero-order chi connectivity index (χ0) is 13.9. The van der Waals surface area contributed by atoms with E-state index in [4.69, 9.17) is 4.74 Å². The van der Waals surface area contributed by atoms with Crippen LogP contribution in [-0.4, -0.2) is 44.2 Å². The van der Waals surface area contributed by atoms with E-state index in [0.717, 1.165) is 24.0 Å². The van der Waals surface area contributed by atoms with Gasteiger partial charge in [0.1, 0.15) is 5.75 Å². The Labute approximate surface area is 122 Å². The average Bonchev–Trinajstić information content (AvgIpc) is 3.06. The lowest BCUT2D eigenvalue weighted by atomic mass is 10.0. The van der Waals surface area contributed by atoms with Crippen molar-refractivity contribution in [1.82, 2.24) is 10.2 Å². The largest absolute Gasteiger partial charge is 0.497 e. The van der Waals surface area contributed by atoms with Crippen molar-refractivity contribution in [1.29, 1.82) is 0 Å². The van der Waals surface area contributed by atoms with Crippen molar-refractivity contribution in [2.45, 2.75) is 25.8 Å². The third-order valence-corrected chi connectivity index (χ3v) is 5.05. The SMILES string of the molecule is COc1ccc(CCC(C)N2CC3CNCC3C2)cc1. The van der Waals surface area contributed by atoms with Crippen molar-refractivity contribution in [3.63, 3.8) is 0 Å². The maximum Gasteiger partial charge on any atom is 0.118 e. The fraction of sp³-hybridized carbons (Fsp3) is 0.647. The van der Waals surface area contributed by atoms with Crippen LogP contribution in [0.5, 0.6) is 5.75 Å². The van der Waals surface area contributed by atoms with E-state index in [9.17, 15) is 0 Å². The average molecular weight is 274 g/mol. The number of hydrogen-bond donors (Lipinski definition) is 1. The van der Waals surface area contributed by atoms with E-state index in [0.29, 0.717) is 6.04 Å². The number of ether oxygens (including phenoxy) is 1. The van der Waals surface area contributed by atoms with Gasteiger partial charge in [-0.3, -0.25) is 4.90 Å². The molecule has 1 aromatic carbocycles. The summed E-state index contributed by atoms with van der Waals surface area (Å²) in [6.07, 6.45) is 2.41. The highest BCUT2D eigenvalue weighted by atomic mass is 16.5. The first-order valence-electron chi connectivity index (χ1n) is 7.84. The summed E-state index contributed by atoms with van der Waals surface area (Å²) in [6, 6.07) is 9.20. The summed E-state index contributed by atoms with van der Waals surface area (Å²) >= 11 is 0. The molecule has 0 aliphatic carbocycles. The van der Waals surface area contributed by atoms with E-state index < -0.39 is 0 Å². The molecular weight excluding hydrogens is 248 g/mol. The lowest BCUT2D eigenvalue weighted by Crippen LogP contribution is -2.34. The van der Waals surface area contributed by atoms with E-state index in [1.54, 1.807) is 7.11 Å². The molecule has 1 aromatic rings. The molecule has 0 aromatic heterocycles. The van der Waals surface area contributed by atoms with Gasteiger partial charge < -0.3 is 10.1 Å². The van der Waals surface area contributed by atoms with Crippen molar-refractivity contribution in [3.8, 4) is 5.75 Å². The van der Waals surface area contributed by atoms with Gasteiger partial charge in [0.25, 0.3) is 0 Å². The van der Waals surface area contributed by atoms with Crippen LogP contribution in [0.2, 0.25) is 0 Å². The summed E-state index contributed by atoms with van der Waals surface area (Å²) < 4.78 is 5.20. The minimum atomic E-state index is 0.697. The summed E-state index contributed by atoms with van der Waals surface area (Å²) in [5.74, 6) is 2.75. The Balaban J connectivity index is 1.48. The molecule has 2 fully saturated rings. The Morgan fingerprint density at radius 3 is 2.45 bits per heavy atom. The first-order valence-corrected chi connectivity index (χ1v) is 7.84. The molecule has 0 bridgehead atoms. The van der Waals surface area contributed by atoms with Gasteiger partial charge in [-0.25, -0.2) is 0 Å². The maximum atomic E-state index is 5.20. The number of nitrogens with zero attached hydrogens (tertiary/aromatic N) is 1. The van der Waals surface area contributed by atoms with Gasteiger partial charge >= 0.3 is 0 Å². The molecular formula is C17H26N2O. The maximum absolute atomic E-state index is 5.20. The lowest BCUT2D eigenvalue weighted by Gasteiger charge is -2.25. The third-order valence-electron chi connectivity index (χ3n) is 5.05. The number of fused-ring (bicyclic) bond motifs is 1. The van der Waals surface area contributed by atoms with Crippen molar-refractivity contribution in [2.24, 2.45) is 11.8 Å². The van der Waals surface area contributed by atoms with Crippen LogP contribution in [0, 0.1) is 11.8 Å². The number of aryl methyl sites for hydroxylation is 1. The molecule has 0 saturated carbocycles. The van der Waals surface area contributed by atoms with Gasteiger partial charge in [0.2, 0.25) is 0 Å². The fourth-order valence-corrected chi connectivity index (χ4v) is 3.60. The number of nitrogens with one attached hydrogen (secondary N) is 1. The molecule has 0 spiro atoms. The molecule has 2 aliphatic heterocycles. The van der Waals surface area contributed by atoms with E-state index in [2.05, 4.69) is 41.4 Å². The van der Waals surface area contributed by atoms with Gasteiger partial charge in [-0.15, -0.1) is 0 Å². The summed E-state index contributed by atoms with van der Waals surface area (Å²) in [5.41, 5.74) is 1.42. The second-order valence-corrected chi connectivity index (χ2v) is 6.37. The van der Waals surface area contributed by atoms with Gasteiger partial charge in [0.05, 0.1) is 7.11 Å². The Hall–Kier alpha value is -1.06. The Kier molecular flexibility index (Phi) is 4.27. The van der Waals surface area contributed by atoms with E-state index in [1.165, 1.54) is 38.2 Å². The molecule has 3 nitrogen and oxygen atoms in total. The molecule has 2 aliphatic rings. The molecule has 3 heteroatoms. The fourth-order valence-electron chi connectivity index (χ4n) is 3.60. The predicted octanol–water partition coefficient (Wildman–Crippen LogP) is 2.17. The van der Waals surface area contributed by atoms with E-state index >= 15 is 0 Å². The first-order chi connectivity index (χ1) is 9.76. The number of benzene rings is 1. The van der Waals surface area contributed by atoms with Crippen LogP contribution in [0.1, 0.15) is 18.9 Å². The molecule has 2 saturated heterocycles. The minimum absolute atomic E-state index is 0.697. The second kappa shape index (κ2) is 6.15. The zero-order valence-corrected chi connectivity index (χ0v) is 12.6. The van der Waals surface area contributed by atoms with Crippen LogP contribution in [0.25, 0.3) is 0 Å². The standard InChI is InChI=1S/C17H26N2O/c1-13(19-11-15-9-18-10-16(15)12-19)3-4-14-5-7-17(20-2)8-6-14/h5-8,13,15-16,18H,3-4,9-12H2,1-2H3. The number of hydrogen-bond acceptors (Lipinski definition) is 3. The van der Waals surface area contributed by atoms with Gasteiger partial charge in [-0.2, -0.15) is 0 Å². The van der Waals surface area contributed by atoms with Crippen LogP contribution in [-0.2, 0) is 6.42 Å². The predicted molar refractivity (Wildman–Crippen MR) is 82.2 cm³/mol. The first kappa shape index (κ1) is 13.9. The molecule has 3 atom stereocenters. The Morgan fingerprint density at radius 1 is 1.20 bits per heavy atom. The summed E-state index contributed by atoms with van der Waals surface area (Å²) in [5, 5.41) is 3.51. The van der Waals surface area contributed by atoms with Crippen molar-refractivity contribution < 1.29 is 4.74 Å². The van der Waals surface area contributed by atoms with Crippen LogP contribution in [0.3, 0.4) is 0 Å². The summed E-state index contributed by atoms with van der Waals surface area (Å²) in [4.78, 5) is 2.69. The van der Waals surface area contributed by atoms with Crippen LogP contribution >= 0.6 is 0 Å². The topological polar surface area (TPSA) is 24.5 Å². The van der Waals surface area contributed by atoms with Gasteiger partial charge in [-0.1, -0.05) is 12.1 Å². The zero-order valence-electron chi connectivity index (χ0n) is 12.6. The van der Waals surface area contributed by atoms with Crippen molar-refractivity contribution >= 4 is 0 Å². The molecule has 110 valence electrons. The number of likely N-dealkylation sites (tertiary alicyclic amines) is 1. The summed E-state index contributed by atoms with van der Waals surface area (Å²) in [6.45, 7) is 7.43. The van der Waals surface area contributed by atoms with Crippen LogP contribution < -0.4 is 10.1 Å². The van der Waals surface area contributed by atoms with Crippen molar-refractivity contribution in [2.75, 3.05) is 33.3 Å². The van der Waals surface area contributed by atoms with Crippen LogP contribution in [0.15, 0.2) is 24.3 Å². The molecule has 0 amide bonds. The molecule has 0 radical (unpaired) electrons. The van der Waals surface area contributed by atoms with Gasteiger partial charge in [0, 0.05) is 19.1 Å². The lowest BCUT2D eigenvalue weighted by molar-refractivity contribution is 0.230. The number of methoxy groups -OCH3 is 1. The quantitative estimate of drug-likeness (QED) is 0.890. The highest BCUT2D eigenvalue weighted by molar-refractivity contribution is 5.27. The highest BCUT2D eigenvalue weighted by Gasteiger charge is 2.37. The van der Waals surface area contributed by atoms with Gasteiger partial charge in [0.15, 0.2) is 0 Å². The Bertz CT molecular complexity index is 419. The highest BCUT2D eigenvalue weighted by Crippen LogP contribution is 2.28. The van der Waals surface area contributed by atoms with E-state index in [1.807, 2.05) is 0 Å². The van der Waals surface area contributed by atoms with Gasteiger partial charge in [-0.05, 0) is 62.4 Å². The molecule has 3 rings (SSSR count). The molecule has 2 heterocycles.